The van der Waals surface area contributed by atoms with Crippen molar-refractivity contribution in [3.05, 3.63) is 48.0 Å². The van der Waals surface area contributed by atoms with E-state index in [1.54, 1.807) is 18.2 Å². The van der Waals surface area contributed by atoms with Crippen molar-refractivity contribution in [3.8, 4) is 0 Å². The van der Waals surface area contributed by atoms with Crippen LogP contribution in [0.4, 0.5) is 4.39 Å². The molecule has 82 valence electrons. The highest BCUT2D eigenvalue weighted by Crippen LogP contribution is 2.39. The van der Waals surface area contributed by atoms with Gasteiger partial charge in [-0.1, -0.05) is 42.5 Å². The van der Waals surface area contributed by atoms with Gasteiger partial charge in [0.2, 0.25) is 0 Å². The number of benzene rings is 2. The molecule has 0 spiro atoms. The van der Waals surface area contributed by atoms with E-state index in [4.69, 9.17) is 0 Å². The molecule has 4 heteroatoms. The van der Waals surface area contributed by atoms with Crippen molar-refractivity contribution < 1.29 is 9.18 Å². The summed E-state index contributed by atoms with van der Waals surface area (Å²) in [6, 6.07) is 12.5. The van der Waals surface area contributed by atoms with Gasteiger partial charge in [0.05, 0.1) is 0 Å². The summed E-state index contributed by atoms with van der Waals surface area (Å²) >= 11 is 5.47. The summed E-state index contributed by atoms with van der Waals surface area (Å²) in [5.41, 5.74) is 0.312. The molecule has 0 aliphatic carbocycles. The van der Waals surface area contributed by atoms with Crippen molar-refractivity contribution in [2.45, 2.75) is 4.58 Å². The second-order valence-electron chi connectivity index (χ2n) is 3.37. The Morgan fingerprint density at radius 1 is 1.12 bits per heavy atom. The average molecular weight is 346 g/mol. The molecule has 0 aromatic heterocycles. The number of carbonyl (C=O) groups is 1. The third kappa shape index (κ3) is 1.92. The van der Waals surface area contributed by atoms with Gasteiger partial charge in [0, 0.05) is 5.56 Å². The Morgan fingerprint density at radius 3 is 2.44 bits per heavy atom. The summed E-state index contributed by atoms with van der Waals surface area (Å²) < 4.78 is 11.3. The van der Waals surface area contributed by atoms with Crippen molar-refractivity contribution in [1.82, 2.24) is 0 Å². The van der Waals surface area contributed by atoms with E-state index in [0.717, 1.165) is 10.8 Å². The van der Waals surface area contributed by atoms with Gasteiger partial charge in [-0.2, -0.15) is 0 Å². The van der Waals surface area contributed by atoms with Crippen LogP contribution in [-0.2, 0) is 9.37 Å². The minimum absolute atomic E-state index is 0.312. The van der Waals surface area contributed by atoms with E-state index < -0.39 is 9.27 Å². The second kappa shape index (κ2) is 4.26. The SMILES string of the molecule is O=C(Br)C(F)(Br)c1cccc2ccccc12. The molecule has 1 atom stereocenters. The smallest absolute Gasteiger partial charge is 0.259 e. The van der Waals surface area contributed by atoms with Crippen molar-refractivity contribution in [3.63, 3.8) is 0 Å². The van der Waals surface area contributed by atoms with Crippen LogP contribution in [0.15, 0.2) is 42.5 Å². The van der Waals surface area contributed by atoms with Crippen LogP contribution in [0.1, 0.15) is 5.56 Å². The van der Waals surface area contributed by atoms with Gasteiger partial charge in [0.15, 0.2) is 0 Å². The van der Waals surface area contributed by atoms with E-state index >= 15 is 0 Å². The summed E-state index contributed by atoms with van der Waals surface area (Å²) in [7, 11) is 0. The van der Waals surface area contributed by atoms with Crippen LogP contribution in [0.3, 0.4) is 0 Å². The van der Waals surface area contributed by atoms with Gasteiger partial charge in [0.25, 0.3) is 9.27 Å². The van der Waals surface area contributed by atoms with Crippen LogP contribution in [-0.4, -0.2) is 4.69 Å². The lowest BCUT2D eigenvalue weighted by Gasteiger charge is -2.16. The molecule has 0 heterocycles. The standard InChI is InChI=1S/C12H7Br2FO/c13-11(16)12(14,15)10-7-3-5-8-4-1-2-6-9(8)10/h1-7H. The molecular formula is C12H7Br2FO. The number of hydrogen-bond donors (Lipinski definition) is 0. The largest absolute Gasteiger partial charge is 0.282 e. The Kier molecular flexibility index (Phi) is 3.13. The van der Waals surface area contributed by atoms with E-state index in [1.807, 2.05) is 24.3 Å². The van der Waals surface area contributed by atoms with Gasteiger partial charge >= 0.3 is 0 Å². The van der Waals surface area contributed by atoms with Gasteiger partial charge in [-0.3, -0.25) is 4.79 Å². The molecule has 0 aliphatic heterocycles. The van der Waals surface area contributed by atoms with Crippen molar-refractivity contribution in [1.29, 1.82) is 0 Å². The van der Waals surface area contributed by atoms with Crippen LogP contribution >= 0.6 is 31.9 Å². The number of rotatable bonds is 2. The Balaban J connectivity index is 2.74. The fourth-order valence-corrected chi connectivity index (χ4v) is 2.16. The highest BCUT2D eigenvalue weighted by Gasteiger charge is 2.36. The van der Waals surface area contributed by atoms with Gasteiger partial charge in [-0.15, -0.1) is 0 Å². The Morgan fingerprint density at radius 2 is 1.75 bits per heavy atom. The minimum atomic E-state index is -2.19. The molecule has 16 heavy (non-hydrogen) atoms. The van der Waals surface area contributed by atoms with E-state index in [9.17, 15) is 9.18 Å². The minimum Gasteiger partial charge on any atom is -0.282 e. The molecule has 2 aromatic rings. The fraction of sp³-hybridized carbons (Fsp3) is 0.0833. The topological polar surface area (TPSA) is 17.1 Å². The molecule has 0 N–H and O–H groups in total. The molecule has 0 fully saturated rings. The maximum absolute atomic E-state index is 14.2. The number of alkyl halides is 2. The van der Waals surface area contributed by atoms with Crippen molar-refractivity contribution >= 4 is 47.3 Å². The van der Waals surface area contributed by atoms with Gasteiger partial charge in [-0.05, 0) is 42.6 Å². The first kappa shape index (κ1) is 11.7. The van der Waals surface area contributed by atoms with Crippen molar-refractivity contribution in [2.24, 2.45) is 0 Å². The third-order valence-electron chi connectivity index (χ3n) is 2.37. The maximum atomic E-state index is 14.2. The van der Waals surface area contributed by atoms with E-state index in [-0.39, 0.29) is 0 Å². The summed E-state index contributed by atoms with van der Waals surface area (Å²) in [5.74, 6) is 0. The van der Waals surface area contributed by atoms with Crippen LogP contribution < -0.4 is 0 Å². The van der Waals surface area contributed by atoms with Gasteiger partial charge in [0.1, 0.15) is 0 Å². The maximum Gasteiger partial charge on any atom is 0.259 e. The van der Waals surface area contributed by atoms with Gasteiger partial charge in [-0.25, -0.2) is 4.39 Å². The Labute approximate surface area is 109 Å². The van der Waals surface area contributed by atoms with Crippen LogP contribution in [0.5, 0.6) is 0 Å². The molecule has 0 saturated carbocycles. The first-order valence-electron chi connectivity index (χ1n) is 4.59. The lowest BCUT2D eigenvalue weighted by Crippen LogP contribution is -2.19. The zero-order valence-electron chi connectivity index (χ0n) is 8.08. The molecule has 0 bridgehead atoms. The quantitative estimate of drug-likeness (QED) is 0.586. The zero-order chi connectivity index (χ0) is 11.8. The third-order valence-corrected chi connectivity index (χ3v) is 4.24. The lowest BCUT2D eigenvalue weighted by molar-refractivity contribution is -0.116. The zero-order valence-corrected chi connectivity index (χ0v) is 11.3. The average Bonchev–Trinajstić information content (AvgIpc) is 2.28. The number of carbonyl (C=O) groups excluding carboxylic acids is 1. The predicted octanol–water partition coefficient (Wildman–Crippen LogP) is 4.28. The molecule has 0 amide bonds. The highest BCUT2D eigenvalue weighted by molar-refractivity contribution is 9.20. The number of fused-ring (bicyclic) bond motifs is 1. The van der Waals surface area contributed by atoms with Crippen LogP contribution in [0.2, 0.25) is 0 Å². The number of halogens is 3. The summed E-state index contributed by atoms with van der Waals surface area (Å²) in [4.78, 5) is 11.2. The molecule has 0 saturated heterocycles. The number of hydrogen-bond acceptors (Lipinski definition) is 1. The monoisotopic (exact) mass is 344 g/mol. The molecule has 2 aromatic carbocycles. The first-order valence-corrected chi connectivity index (χ1v) is 6.18. The predicted molar refractivity (Wildman–Crippen MR) is 69.6 cm³/mol. The summed E-state index contributed by atoms with van der Waals surface area (Å²) in [6.45, 7) is 0. The van der Waals surface area contributed by atoms with Gasteiger partial charge < -0.3 is 0 Å². The normalized spacial score (nSPS) is 14.7. The van der Waals surface area contributed by atoms with Crippen LogP contribution in [0, 0.1) is 0 Å². The van der Waals surface area contributed by atoms with Crippen molar-refractivity contribution in [2.75, 3.05) is 0 Å². The Bertz CT molecular complexity index is 546. The lowest BCUT2D eigenvalue weighted by atomic mass is 10.0. The van der Waals surface area contributed by atoms with E-state index in [1.165, 1.54) is 0 Å². The second-order valence-corrected chi connectivity index (χ2v) is 5.19. The first-order chi connectivity index (χ1) is 7.53. The molecule has 1 unspecified atom stereocenters. The van der Waals surface area contributed by atoms with E-state index in [0.29, 0.717) is 5.56 Å². The molecule has 2 rings (SSSR count). The Hall–Kier alpha value is -0.740. The van der Waals surface area contributed by atoms with E-state index in [2.05, 4.69) is 31.9 Å². The molecular weight excluding hydrogens is 339 g/mol. The summed E-state index contributed by atoms with van der Waals surface area (Å²) in [5, 5.41) is 1.62. The molecule has 1 nitrogen and oxygen atoms in total. The van der Waals surface area contributed by atoms with Crippen LogP contribution in [0.25, 0.3) is 10.8 Å². The summed E-state index contributed by atoms with van der Waals surface area (Å²) in [6.07, 6.45) is 0. The molecule has 0 aliphatic rings. The fourth-order valence-electron chi connectivity index (χ4n) is 1.61. The molecule has 0 radical (unpaired) electrons. The highest BCUT2D eigenvalue weighted by atomic mass is 79.9.